The summed E-state index contributed by atoms with van der Waals surface area (Å²) in [4.78, 5) is 18.7. The molecule has 0 saturated carbocycles. The van der Waals surface area contributed by atoms with Crippen LogP contribution in [0.4, 0.5) is 0 Å². The molecule has 7 nitrogen and oxygen atoms in total. The molecule has 3 aromatic rings. The standard InChI is InChI=1S/C18H20N6O/c1-13-9-14(2)24(21-13)10-15-3-5-16(6-4-15)18(25)22-7-8-23-17(11-22)19-12-20-23/h3-6,9,12H,7-8,10-11H2,1-2H3. The van der Waals surface area contributed by atoms with Crippen LogP contribution < -0.4 is 0 Å². The number of carbonyl (C=O) groups excluding carboxylic acids is 1. The smallest absolute Gasteiger partial charge is 0.254 e. The van der Waals surface area contributed by atoms with E-state index in [0.717, 1.165) is 22.8 Å². The first-order valence-corrected chi connectivity index (χ1v) is 8.36. The van der Waals surface area contributed by atoms with Crippen LogP contribution >= 0.6 is 0 Å². The fourth-order valence-electron chi connectivity index (χ4n) is 3.18. The number of carbonyl (C=O) groups is 1. The minimum atomic E-state index is 0.0342. The van der Waals surface area contributed by atoms with Gasteiger partial charge in [0, 0.05) is 17.8 Å². The number of hydrogen-bond donors (Lipinski definition) is 0. The van der Waals surface area contributed by atoms with Crippen LogP contribution in [0, 0.1) is 13.8 Å². The molecule has 1 aliphatic rings. The molecular formula is C18H20N6O. The summed E-state index contributed by atoms with van der Waals surface area (Å²) in [6.45, 7) is 6.60. The summed E-state index contributed by atoms with van der Waals surface area (Å²) in [5, 5.41) is 8.62. The van der Waals surface area contributed by atoms with Crippen LogP contribution in [-0.4, -0.2) is 41.9 Å². The molecule has 0 aliphatic carbocycles. The molecule has 7 heteroatoms. The van der Waals surface area contributed by atoms with E-state index >= 15 is 0 Å². The van der Waals surface area contributed by atoms with Crippen molar-refractivity contribution >= 4 is 5.91 Å². The van der Waals surface area contributed by atoms with Crippen molar-refractivity contribution in [2.24, 2.45) is 0 Å². The molecule has 2 aromatic heterocycles. The molecule has 0 saturated heterocycles. The molecule has 0 spiro atoms. The highest BCUT2D eigenvalue weighted by atomic mass is 16.2. The number of amides is 1. The predicted octanol–water partition coefficient (Wildman–Crippen LogP) is 1.80. The lowest BCUT2D eigenvalue weighted by atomic mass is 10.1. The number of fused-ring (bicyclic) bond motifs is 1. The second kappa shape index (κ2) is 6.16. The minimum Gasteiger partial charge on any atom is -0.329 e. The van der Waals surface area contributed by atoms with Gasteiger partial charge in [-0.1, -0.05) is 12.1 Å². The summed E-state index contributed by atoms with van der Waals surface area (Å²) in [5.41, 5.74) is 3.98. The Bertz CT molecular complexity index is 908. The summed E-state index contributed by atoms with van der Waals surface area (Å²) >= 11 is 0. The number of rotatable bonds is 3. The zero-order valence-corrected chi connectivity index (χ0v) is 14.4. The molecule has 1 aliphatic heterocycles. The fraction of sp³-hybridized carbons (Fsp3) is 0.333. The molecule has 3 heterocycles. The van der Waals surface area contributed by atoms with E-state index in [2.05, 4.69) is 21.2 Å². The van der Waals surface area contributed by atoms with Crippen LogP contribution in [-0.2, 0) is 19.6 Å². The van der Waals surface area contributed by atoms with Crippen molar-refractivity contribution in [3.63, 3.8) is 0 Å². The average molecular weight is 336 g/mol. The Morgan fingerprint density at radius 1 is 1.16 bits per heavy atom. The first-order chi connectivity index (χ1) is 12.1. The van der Waals surface area contributed by atoms with Crippen molar-refractivity contribution in [1.29, 1.82) is 0 Å². The topological polar surface area (TPSA) is 68.8 Å². The SMILES string of the molecule is Cc1cc(C)n(Cc2ccc(C(=O)N3CCn4ncnc4C3)cc2)n1. The molecule has 0 bridgehead atoms. The van der Waals surface area contributed by atoms with Crippen LogP contribution in [0.1, 0.15) is 33.1 Å². The second-order valence-corrected chi connectivity index (χ2v) is 6.41. The van der Waals surface area contributed by atoms with Gasteiger partial charge in [0.25, 0.3) is 5.91 Å². The van der Waals surface area contributed by atoms with E-state index in [0.29, 0.717) is 31.7 Å². The first kappa shape index (κ1) is 15.6. The summed E-state index contributed by atoms with van der Waals surface area (Å²) in [7, 11) is 0. The summed E-state index contributed by atoms with van der Waals surface area (Å²) in [6.07, 6.45) is 1.54. The van der Waals surface area contributed by atoms with Crippen molar-refractivity contribution in [1.82, 2.24) is 29.4 Å². The molecule has 128 valence electrons. The zero-order valence-electron chi connectivity index (χ0n) is 14.4. The second-order valence-electron chi connectivity index (χ2n) is 6.41. The minimum absolute atomic E-state index is 0.0342. The molecule has 0 fully saturated rings. The highest BCUT2D eigenvalue weighted by Crippen LogP contribution is 2.15. The zero-order chi connectivity index (χ0) is 17.4. The Labute approximate surface area is 145 Å². The van der Waals surface area contributed by atoms with E-state index in [-0.39, 0.29) is 5.91 Å². The highest BCUT2D eigenvalue weighted by molar-refractivity contribution is 5.94. The van der Waals surface area contributed by atoms with E-state index in [1.165, 1.54) is 6.33 Å². The Kier molecular flexibility index (Phi) is 3.83. The van der Waals surface area contributed by atoms with Gasteiger partial charge < -0.3 is 4.90 Å². The van der Waals surface area contributed by atoms with Crippen LogP contribution in [0.25, 0.3) is 0 Å². The van der Waals surface area contributed by atoms with Crippen LogP contribution in [0.2, 0.25) is 0 Å². The van der Waals surface area contributed by atoms with E-state index in [9.17, 15) is 4.79 Å². The predicted molar refractivity (Wildman–Crippen MR) is 92.0 cm³/mol. The molecular weight excluding hydrogens is 316 g/mol. The van der Waals surface area contributed by atoms with Gasteiger partial charge in [0.1, 0.15) is 12.2 Å². The molecule has 0 radical (unpaired) electrons. The number of benzene rings is 1. The van der Waals surface area contributed by atoms with Gasteiger partial charge in [0.2, 0.25) is 0 Å². The van der Waals surface area contributed by atoms with Crippen molar-refractivity contribution in [2.45, 2.75) is 33.5 Å². The molecule has 0 N–H and O–H groups in total. The molecule has 1 aromatic carbocycles. The van der Waals surface area contributed by atoms with E-state index in [1.54, 1.807) is 0 Å². The van der Waals surface area contributed by atoms with Gasteiger partial charge in [-0.2, -0.15) is 10.2 Å². The van der Waals surface area contributed by atoms with Gasteiger partial charge in [-0.15, -0.1) is 0 Å². The first-order valence-electron chi connectivity index (χ1n) is 8.36. The quantitative estimate of drug-likeness (QED) is 0.731. The lowest BCUT2D eigenvalue weighted by Crippen LogP contribution is -2.38. The Balaban J connectivity index is 1.47. The highest BCUT2D eigenvalue weighted by Gasteiger charge is 2.22. The number of aromatic nitrogens is 5. The van der Waals surface area contributed by atoms with Gasteiger partial charge in [-0.25, -0.2) is 9.67 Å². The maximum atomic E-state index is 12.7. The van der Waals surface area contributed by atoms with Crippen molar-refractivity contribution < 1.29 is 4.79 Å². The maximum Gasteiger partial charge on any atom is 0.254 e. The fourth-order valence-corrected chi connectivity index (χ4v) is 3.18. The summed E-state index contributed by atoms with van der Waals surface area (Å²) in [5.74, 6) is 0.868. The van der Waals surface area contributed by atoms with Crippen LogP contribution in [0.5, 0.6) is 0 Å². The number of nitrogens with zero attached hydrogens (tertiary/aromatic N) is 6. The number of hydrogen-bond acceptors (Lipinski definition) is 4. The Hall–Kier alpha value is -2.96. The molecule has 4 rings (SSSR count). The Morgan fingerprint density at radius 2 is 1.96 bits per heavy atom. The van der Waals surface area contributed by atoms with Crippen LogP contribution in [0.3, 0.4) is 0 Å². The monoisotopic (exact) mass is 336 g/mol. The maximum absolute atomic E-state index is 12.7. The van der Waals surface area contributed by atoms with Crippen molar-refractivity contribution in [3.05, 3.63) is 65.0 Å². The van der Waals surface area contributed by atoms with E-state index in [1.807, 2.05) is 52.4 Å². The third-order valence-electron chi connectivity index (χ3n) is 4.53. The van der Waals surface area contributed by atoms with Gasteiger partial charge >= 0.3 is 0 Å². The molecule has 1 amide bonds. The lowest BCUT2D eigenvalue weighted by molar-refractivity contribution is 0.0702. The van der Waals surface area contributed by atoms with Crippen molar-refractivity contribution in [2.75, 3.05) is 6.54 Å². The third kappa shape index (κ3) is 3.05. The van der Waals surface area contributed by atoms with Gasteiger partial charge in [0.05, 0.1) is 25.3 Å². The van der Waals surface area contributed by atoms with E-state index < -0.39 is 0 Å². The van der Waals surface area contributed by atoms with Crippen molar-refractivity contribution in [3.8, 4) is 0 Å². The number of aryl methyl sites for hydroxylation is 2. The third-order valence-corrected chi connectivity index (χ3v) is 4.53. The van der Waals surface area contributed by atoms with Crippen LogP contribution in [0.15, 0.2) is 36.7 Å². The van der Waals surface area contributed by atoms with Gasteiger partial charge in [-0.05, 0) is 37.6 Å². The summed E-state index contributed by atoms with van der Waals surface area (Å²) in [6, 6.07) is 9.84. The molecule has 0 atom stereocenters. The summed E-state index contributed by atoms with van der Waals surface area (Å²) < 4.78 is 3.82. The molecule has 0 unspecified atom stereocenters. The Morgan fingerprint density at radius 3 is 2.68 bits per heavy atom. The lowest BCUT2D eigenvalue weighted by Gasteiger charge is -2.26. The normalized spacial score (nSPS) is 13.8. The average Bonchev–Trinajstić information content (AvgIpc) is 3.20. The van der Waals surface area contributed by atoms with E-state index in [4.69, 9.17) is 0 Å². The van der Waals surface area contributed by atoms with Gasteiger partial charge in [0.15, 0.2) is 0 Å². The largest absolute Gasteiger partial charge is 0.329 e. The van der Waals surface area contributed by atoms with Gasteiger partial charge in [-0.3, -0.25) is 9.48 Å². The molecule has 25 heavy (non-hydrogen) atoms.